The van der Waals surface area contributed by atoms with Crippen LogP contribution in [0.5, 0.6) is 0 Å². The number of hydrogen-bond donors (Lipinski definition) is 1. The number of fused-ring (bicyclic) bond motifs is 1. The highest BCUT2D eigenvalue weighted by Gasteiger charge is 2.24. The molecule has 1 saturated heterocycles. The monoisotopic (exact) mass is 306 g/mol. The topological polar surface area (TPSA) is 32.3 Å². The second-order valence-corrected chi connectivity index (χ2v) is 7.31. The minimum absolute atomic E-state index is 0.170. The van der Waals surface area contributed by atoms with Gasteiger partial charge in [0.1, 0.15) is 0 Å². The Kier molecular flexibility index (Phi) is 4.96. The fourth-order valence-electron chi connectivity index (χ4n) is 3.56. The quantitative estimate of drug-likeness (QED) is 0.926. The minimum Gasteiger partial charge on any atom is -0.349 e. The molecule has 0 radical (unpaired) electrons. The van der Waals surface area contributed by atoms with E-state index in [9.17, 15) is 4.79 Å². The van der Waals surface area contributed by atoms with Crippen molar-refractivity contribution in [1.82, 2.24) is 10.2 Å². The number of thiophene rings is 1. The molecule has 0 atom stereocenters. The summed E-state index contributed by atoms with van der Waals surface area (Å²) in [6.07, 6.45) is 8.19. The number of piperidine rings is 1. The van der Waals surface area contributed by atoms with Crippen LogP contribution in [0.2, 0.25) is 0 Å². The maximum Gasteiger partial charge on any atom is 0.252 e. The first-order chi connectivity index (χ1) is 10.3. The number of carbonyl (C=O) groups excluding carboxylic acids is 1. The van der Waals surface area contributed by atoms with Crippen molar-refractivity contribution in [1.29, 1.82) is 0 Å². The number of aryl methyl sites for hydroxylation is 1. The second-order valence-electron chi connectivity index (χ2n) is 6.35. The lowest BCUT2D eigenvalue weighted by Gasteiger charge is -2.32. The molecule has 3 rings (SSSR count). The SMILES string of the molecule is CCCN1CCC(NC(=O)c2csc3c2CCCC3)CC1. The smallest absolute Gasteiger partial charge is 0.252 e. The Morgan fingerprint density at radius 3 is 2.86 bits per heavy atom. The third-order valence-corrected chi connectivity index (χ3v) is 5.86. The van der Waals surface area contributed by atoms with Crippen LogP contribution in [0.15, 0.2) is 5.38 Å². The Labute approximate surface area is 131 Å². The van der Waals surface area contributed by atoms with Gasteiger partial charge in [-0.15, -0.1) is 11.3 Å². The molecular formula is C17H26N2OS. The summed E-state index contributed by atoms with van der Waals surface area (Å²) >= 11 is 1.78. The Hall–Kier alpha value is -0.870. The molecule has 116 valence electrons. The van der Waals surface area contributed by atoms with Crippen molar-refractivity contribution < 1.29 is 4.79 Å². The Bertz CT molecular complexity index is 489. The van der Waals surface area contributed by atoms with E-state index in [1.807, 2.05) is 0 Å². The average molecular weight is 306 g/mol. The molecule has 0 bridgehead atoms. The van der Waals surface area contributed by atoms with Crippen LogP contribution in [0.4, 0.5) is 0 Å². The van der Waals surface area contributed by atoms with Gasteiger partial charge in [-0.25, -0.2) is 0 Å². The Morgan fingerprint density at radius 2 is 2.10 bits per heavy atom. The molecule has 2 aliphatic rings. The van der Waals surface area contributed by atoms with Crippen LogP contribution in [-0.2, 0) is 12.8 Å². The molecule has 0 unspecified atom stereocenters. The summed E-state index contributed by atoms with van der Waals surface area (Å²) in [5.74, 6) is 0.170. The molecule has 1 aromatic rings. The van der Waals surface area contributed by atoms with Crippen LogP contribution in [0.3, 0.4) is 0 Å². The summed E-state index contributed by atoms with van der Waals surface area (Å²) in [5.41, 5.74) is 2.30. The van der Waals surface area contributed by atoms with Crippen molar-refractivity contribution in [2.45, 2.75) is 57.9 Å². The van der Waals surface area contributed by atoms with Crippen molar-refractivity contribution in [3.05, 3.63) is 21.4 Å². The van der Waals surface area contributed by atoms with Gasteiger partial charge in [-0.05, 0) is 57.1 Å². The molecule has 21 heavy (non-hydrogen) atoms. The van der Waals surface area contributed by atoms with Crippen LogP contribution in [0.1, 0.15) is 59.8 Å². The van der Waals surface area contributed by atoms with Gasteiger partial charge in [-0.2, -0.15) is 0 Å². The van der Waals surface area contributed by atoms with Crippen molar-refractivity contribution >= 4 is 17.2 Å². The van der Waals surface area contributed by atoms with Crippen LogP contribution >= 0.6 is 11.3 Å². The number of nitrogens with zero attached hydrogens (tertiary/aromatic N) is 1. The number of rotatable bonds is 4. The van der Waals surface area contributed by atoms with Gasteiger partial charge in [0.25, 0.3) is 5.91 Å². The fourth-order valence-corrected chi connectivity index (χ4v) is 4.69. The first-order valence-electron chi connectivity index (χ1n) is 8.40. The molecule has 2 heterocycles. The van der Waals surface area contributed by atoms with E-state index in [4.69, 9.17) is 0 Å². The number of likely N-dealkylation sites (tertiary alicyclic amines) is 1. The zero-order chi connectivity index (χ0) is 14.7. The molecule has 3 nitrogen and oxygen atoms in total. The highest BCUT2D eigenvalue weighted by atomic mass is 32.1. The normalized spacial score (nSPS) is 20.2. The summed E-state index contributed by atoms with van der Waals surface area (Å²) in [5, 5.41) is 5.36. The zero-order valence-corrected chi connectivity index (χ0v) is 13.8. The lowest BCUT2D eigenvalue weighted by atomic mass is 9.95. The van der Waals surface area contributed by atoms with Gasteiger partial charge >= 0.3 is 0 Å². The molecule has 0 saturated carbocycles. The highest BCUT2D eigenvalue weighted by Crippen LogP contribution is 2.30. The first-order valence-corrected chi connectivity index (χ1v) is 9.28. The molecule has 1 aliphatic carbocycles. The Balaban J connectivity index is 1.56. The third-order valence-electron chi connectivity index (χ3n) is 4.77. The summed E-state index contributed by atoms with van der Waals surface area (Å²) in [6, 6.07) is 0.366. The van der Waals surface area contributed by atoms with Gasteiger partial charge in [-0.1, -0.05) is 6.92 Å². The summed E-state index contributed by atoms with van der Waals surface area (Å²) in [6.45, 7) is 5.67. The van der Waals surface area contributed by atoms with Crippen LogP contribution in [-0.4, -0.2) is 36.5 Å². The molecule has 0 spiro atoms. The standard InChI is InChI=1S/C17H26N2OS/c1-2-9-19-10-7-13(8-11-19)18-17(20)15-12-21-16-6-4-3-5-14(15)16/h12-13H,2-11H2,1H3,(H,18,20). The number of hydrogen-bond acceptors (Lipinski definition) is 3. The van der Waals surface area contributed by atoms with Crippen LogP contribution < -0.4 is 5.32 Å². The lowest BCUT2D eigenvalue weighted by Crippen LogP contribution is -2.44. The fraction of sp³-hybridized carbons (Fsp3) is 0.706. The largest absolute Gasteiger partial charge is 0.349 e. The predicted molar refractivity (Wildman–Crippen MR) is 88.2 cm³/mol. The van der Waals surface area contributed by atoms with E-state index in [-0.39, 0.29) is 5.91 Å². The maximum atomic E-state index is 12.5. The van der Waals surface area contributed by atoms with E-state index in [1.165, 1.54) is 42.7 Å². The lowest BCUT2D eigenvalue weighted by molar-refractivity contribution is 0.0910. The molecular weight excluding hydrogens is 280 g/mol. The van der Waals surface area contributed by atoms with E-state index in [0.717, 1.165) is 37.9 Å². The third kappa shape index (κ3) is 3.49. The van der Waals surface area contributed by atoms with E-state index >= 15 is 0 Å². The summed E-state index contributed by atoms with van der Waals surface area (Å²) in [4.78, 5) is 16.5. The summed E-state index contributed by atoms with van der Waals surface area (Å²) in [7, 11) is 0. The van der Waals surface area contributed by atoms with Gasteiger partial charge in [0.05, 0.1) is 5.56 Å². The maximum absolute atomic E-state index is 12.5. The van der Waals surface area contributed by atoms with Crippen LogP contribution in [0, 0.1) is 0 Å². The van der Waals surface area contributed by atoms with E-state index in [2.05, 4.69) is 22.5 Å². The second kappa shape index (κ2) is 6.93. The van der Waals surface area contributed by atoms with Gasteiger partial charge in [0.15, 0.2) is 0 Å². The summed E-state index contributed by atoms with van der Waals surface area (Å²) < 4.78 is 0. The van der Waals surface area contributed by atoms with Gasteiger partial charge in [0.2, 0.25) is 0 Å². The molecule has 1 fully saturated rings. The van der Waals surface area contributed by atoms with Crippen LogP contribution in [0.25, 0.3) is 0 Å². The van der Waals surface area contributed by atoms with Gasteiger partial charge < -0.3 is 10.2 Å². The van der Waals surface area contributed by atoms with E-state index in [1.54, 1.807) is 11.3 Å². The van der Waals surface area contributed by atoms with Gasteiger partial charge in [0, 0.05) is 29.4 Å². The zero-order valence-electron chi connectivity index (χ0n) is 13.0. The van der Waals surface area contributed by atoms with Crippen molar-refractivity contribution in [2.24, 2.45) is 0 Å². The first kappa shape index (κ1) is 15.0. The molecule has 1 amide bonds. The number of amides is 1. The molecule has 0 aromatic carbocycles. The highest BCUT2D eigenvalue weighted by molar-refractivity contribution is 7.10. The molecule has 1 aromatic heterocycles. The minimum atomic E-state index is 0.170. The number of carbonyl (C=O) groups is 1. The Morgan fingerprint density at radius 1 is 1.33 bits per heavy atom. The van der Waals surface area contributed by atoms with Gasteiger partial charge in [-0.3, -0.25) is 4.79 Å². The van der Waals surface area contributed by atoms with Crippen molar-refractivity contribution in [3.63, 3.8) is 0 Å². The van der Waals surface area contributed by atoms with E-state index in [0.29, 0.717) is 6.04 Å². The molecule has 4 heteroatoms. The van der Waals surface area contributed by atoms with Crippen molar-refractivity contribution in [2.75, 3.05) is 19.6 Å². The predicted octanol–water partition coefficient (Wildman–Crippen LogP) is 3.23. The molecule has 1 N–H and O–H groups in total. The number of nitrogens with one attached hydrogen (secondary N) is 1. The van der Waals surface area contributed by atoms with E-state index < -0.39 is 0 Å². The molecule has 1 aliphatic heterocycles. The average Bonchev–Trinajstić information content (AvgIpc) is 2.93. The van der Waals surface area contributed by atoms with Crippen molar-refractivity contribution in [3.8, 4) is 0 Å².